The predicted molar refractivity (Wildman–Crippen MR) is 77.7 cm³/mol. The molecule has 108 valence electrons. The molecular formula is C16H26O3. The van der Waals surface area contributed by atoms with Gasteiger partial charge in [0.1, 0.15) is 0 Å². The Kier molecular flexibility index (Phi) is 9.77. The summed E-state index contributed by atoms with van der Waals surface area (Å²) < 4.78 is 4.61. The van der Waals surface area contributed by atoms with Crippen LogP contribution < -0.4 is 0 Å². The maximum absolute atomic E-state index is 11.5. The van der Waals surface area contributed by atoms with Gasteiger partial charge in [-0.25, -0.2) is 9.59 Å². The van der Waals surface area contributed by atoms with E-state index >= 15 is 0 Å². The molecule has 0 fully saturated rings. The summed E-state index contributed by atoms with van der Waals surface area (Å²) in [6.45, 7) is 10.8. The molecule has 3 nitrogen and oxygen atoms in total. The molecule has 0 aromatic heterocycles. The Bertz CT molecular complexity index is 329. The Hall–Kier alpha value is -1.38. The van der Waals surface area contributed by atoms with Crippen LogP contribution in [0.1, 0.15) is 65.2 Å². The topological polar surface area (TPSA) is 43.4 Å². The van der Waals surface area contributed by atoms with Crippen LogP contribution in [0, 0.1) is 0 Å². The summed E-state index contributed by atoms with van der Waals surface area (Å²) in [6.07, 6.45) is 8.86. The van der Waals surface area contributed by atoms with Crippen LogP contribution in [-0.4, -0.2) is 11.9 Å². The SMILES string of the molecule is C=C(C)C(=O)OC(=O)C(=C)CCCCCCCCC. The van der Waals surface area contributed by atoms with E-state index in [9.17, 15) is 9.59 Å². The fraction of sp³-hybridized carbons (Fsp3) is 0.625. The van der Waals surface area contributed by atoms with E-state index in [1.807, 2.05) is 0 Å². The first-order valence-corrected chi connectivity index (χ1v) is 7.08. The van der Waals surface area contributed by atoms with Crippen molar-refractivity contribution in [3.05, 3.63) is 24.3 Å². The molecule has 0 unspecified atom stereocenters. The fourth-order valence-corrected chi connectivity index (χ4v) is 1.64. The Morgan fingerprint density at radius 3 is 1.95 bits per heavy atom. The molecule has 0 bridgehead atoms. The van der Waals surface area contributed by atoms with E-state index < -0.39 is 11.9 Å². The summed E-state index contributed by atoms with van der Waals surface area (Å²) in [4.78, 5) is 22.6. The number of carbonyl (C=O) groups is 2. The lowest BCUT2D eigenvalue weighted by Crippen LogP contribution is -2.14. The van der Waals surface area contributed by atoms with Crippen molar-refractivity contribution < 1.29 is 14.3 Å². The van der Waals surface area contributed by atoms with E-state index in [1.54, 1.807) is 0 Å². The van der Waals surface area contributed by atoms with Gasteiger partial charge >= 0.3 is 11.9 Å². The molecule has 0 amide bonds. The van der Waals surface area contributed by atoms with E-state index in [2.05, 4.69) is 24.8 Å². The average Bonchev–Trinajstić information content (AvgIpc) is 2.37. The fourth-order valence-electron chi connectivity index (χ4n) is 1.64. The molecule has 19 heavy (non-hydrogen) atoms. The molecule has 0 heterocycles. The van der Waals surface area contributed by atoms with Crippen LogP contribution in [-0.2, 0) is 14.3 Å². The number of unbranched alkanes of at least 4 members (excludes halogenated alkanes) is 6. The van der Waals surface area contributed by atoms with Crippen molar-refractivity contribution in [3.8, 4) is 0 Å². The molecule has 0 aliphatic carbocycles. The number of hydrogen-bond acceptors (Lipinski definition) is 3. The summed E-state index contributed by atoms with van der Waals surface area (Å²) in [5, 5.41) is 0. The van der Waals surface area contributed by atoms with Crippen LogP contribution in [0.2, 0.25) is 0 Å². The quantitative estimate of drug-likeness (QED) is 0.256. The number of esters is 2. The van der Waals surface area contributed by atoms with Crippen LogP contribution in [0.4, 0.5) is 0 Å². The molecule has 0 N–H and O–H groups in total. The molecule has 0 aromatic rings. The van der Waals surface area contributed by atoms with Crippen molar-refractivity contribution >= 4 is 11.9 Å². The standard InChI is InChI=1S/C16H26O3/c1-5-6-7-8-9-10-11-12-14(4)16(18)19-15(17)13(2)3/h2,4-12H2,1,3H3. The second-order valence-electron chi connectivity index (χ2n) is 4.93. The van der Waals surface area contributed by atoms with Gasteiger partial charge in [0, 0.05) is 11.1 Å². The zero-order valence-electron chi connectivity index (χ0n) is 12.3. The number of ether oxygens (including phenoxy) is 1. The third kappa shape index (κ3) is 9.23. The highest BCUT2D eigenvalue weighted by Crippen LogP contribution is 2.12. The highest BCUT2D eigenvalue weighted by Gasteiger charge is 2.13. The number of rotatable bonds is 10. The van der Waals surface area contributed by atoms with E-state index in [1.165, 1.54) is 39.0 Å². The second kappa shape index (κ2) is 10.5. The van der Waals surface area contributed by atoms with Gasteiger partial charge in [0.25, 0.3) is 0 Å². The summed E-state index contributed by atoms with van der Waals surface area (Å²) in [5.41, 5.74) is 0.584. The van der Waals surface area contributed by atoms with Crippen LogP contribution >= 0.6 is 0 Å². The molecule has 0 radical (unpaired) electrons. The molecular weight excluding hydrogens is 240 g/mol. The summed E-state index contributed by atoms with van der Waals surface area (Å²) in [7, 11) is 0. The van der Waals surface area contributed by atoms with Crippen molar-refractivity contribution in [2.24, 2.45) is 0 Å². The van der Waals surface area contributed by atoms with Gasteiger partial charge in [0.15, 0.2) is 0 Å². The maximum atomic E-state index is 11.5. The Balaban J connectivity index is 3.66. The highest BCUT2D eigenvalue weighted by molar-refractivity contribution is 6.00. The molecule has 0 saturated carbocycles. The first-order valence-electron chi connectivity index (χ1n) is 7.08. The van der Waals surface area contributed by atoms with E-state index in [4.69, 9.17) is 0 Å². The predicted octanol–water partition coefficient (Wildman–Crippen LogP) is 4.33. The van der Waals surface area contributed by atoms with Crippen LogP contribution in [0.15, 0.2) is 24.3 Å². The van der Waals surface area contributed by atoms with Crippen molar-refractivity contribution in [1.29, 1.82) is 0 Å². The highest BCUT2D eigenvalue weighted by atomic mass is 16.6. The monoisotopic (exact) mass is 266 g/mol. The normalized spacial score (nSPS) is 10.0. The zero-order chi connectivity index (χ0) is 14.7. The van der Waals surface area contributed by atoms with E-state index in [0.29, 0.717) is 12.0 Å². The lowest BCUT2D eigenvalue weighted by atomic mass is 10.1. The van der Waals surface area contributed by atoms with Gasteiger partial charge in [0.05, 0.1) is 0 Å². The molecule has 3 heteroatoms. The maximum Gasteiger partial charge on any atom is 0.341 e. The lowest BCUT2D eigenvalue weighted by Gasteiger charge is -2.05. The smallest absolute Gasteiger partial charge is 0.341 e. The molecule has 0 saturated heterocycles. The van der Waals surface area contributed by atoms with Gasteiger partial charge in [-0.15, -0.1) is 0 Å². The van der Waals surface area contributed by atoms with Gasteiger partial charge < -0.3 is 4.74 Å². The number of hydrogen-bond donors (Lipinski definition) is 0. The lowest BCUT2D eigenvalue weighted by molar-refractivity contribution is -0.154. The minimum absolute atomic E-state index is 0.220. The Morgan fingerprint density at radius 2 is 1.42 bits per heavy atom. The van der Waals surface area contributed by atoms with Crippen molar-refractivity contribution in [3.63, 3.8) is 0 Å². The second-order valence-corrected chi connectivity index (χ2v) is 4.93. The van der Waals surface area contributed by atoms with Crippen LogP contribution in [0.5, 0.6) is 0 Å². The Morgan fingerprint density at radius 1 is 0.895 bits per heavy atom. The van der Waals surface area contributed by atoms with Gasteiger partial charge in [-0.2, -0.15) is 0 Å². The minimum Gasteiger partial charge on any atom is -0.386 e. The summed E-state index contributed by atoms with van der Waals surface area (Å²) in [6, 6.07) is 0. The first-order chi connectivity index (χ1) is 8.99. The zero-order valence-corrected chi connectivity index (χ0v) is 12.3. The molecule has 0 spiro atoms. The minimum atomic E-state index is -0.675. The summed E-state index contributed by atoms with van der Waals surface area (Å²) >= 11 is 0. The largest absolute Gasteiger partial charge is 0.386 e. The van der Waals surface area contributed by atoms with Crippen LogP contribution in [0.3, 0.4) is 0 Å². The third-order valence-electron chi connectivity index (χ3n) is 2.90. The van der Waals surface area contributed by atoms with Crippen molar-refractivity contribution in [2.75, 3.05) is 0 Å². The Labute approximate surface area is 116 Å². The van der Waals surface area contributed by atoms with Gasteiger partial charge in [-0.1, -0.05) is 58.6 Å². The van der Waals surface area contributed by atoms with Gasteiger partial charge in [-0.05, 0) is 19.8 Å². The third-order valence-corrected chi connectivity index (χ3v) is 2.90. The molecule has 0 aromatic carbocycles. The van der Waals surface area contributed by atoms with Gasteiger partial charge in [-0.3, -0.25) is 0 Å². The average molecular weight is 266 g/mol. The molecule has 0 atom stereocenters. The molecule has 0 aliphatic heterocycles. The van der Waals surface area contributed by atoms with Gasteiger partial charge in [0.2, 0.25) is 0 Å². The number of carbonyl (C=O) groups excluding carboxylic acids is 2. The van der Waals surface area contributed by atoms with Crippen molar-refractivity contribution in [1.82, 2.24) is 0 Å². The summed E-state index contributed by atoms with van der Waals surface area (Å²) in [5.74, 6) is -1.30. The van der Waals surface area contributed by atoms with E-state index in [0.717, 1.165) is 12.8 Å². The van der Waals surface area contributed by atoms with Crippen LogP contribution in [0.25, 0.3) is 0 Å². The van der Waals surface area contributed by atoms with E-state index in [-0.39, 0.29) is 5.57 Å². The molecule has 0 rings (SSSR count). The van der Waals surface area contributed by atoms with Crippen molar-refractivity contribution in [2.45, 2.75) is 65.2 Å². The molecule has 0 aliphatic rings. The first kappa shape index (κ1) is 17.6.